The molecule has 0 heterocycles. The smallest absolute Gasteiger partial charge is 0.155 e. The molecule has 1 rings (SSSR count). The standard InChI is InChI=1S/C15H20O/c1-4-6-7-10-15(9-5-2)11-8-14(12-15)13(3)16/h4-7,12H,1-2,8-11H2,3H3/b7-6+/t15-/m0/s1. The molecule has 86 valence electrons. The third kappa shape index (κ3) is 3.06. The number of hydrogen-bond donors (Lipinski definition) is 0. The lowest BCUT2D eigenvalue weighted by atomic mass is 9.80. The minimum atomic E-state index is 0.113. The number of carbonyl (C=O) groups excluding carboxylic acids is 1. The van der Waals surface area contributed by atoms with Crippen LogP contribution >= 0.6 is 0 Å². The summed E-state index contributed by atoms with van der Waals surface area (Å²) in [4.78, 5) is 11.3. The molecule has 1 aliphatic rings. The summed E-state index contributed by atoms with van der Waals surface area (Å²) >= 11 is 0. The summed E-state index contributed by atoms with van der Waals surface area (Å²) in [6.45, 7) is 9.12. The van der Waals surface area contributed by atoms with E-state index in [4.69, 9.17) is 0 Å². The Kier molecular flexibility index (Phi) is 4.48. The molecule has 1 aliphatic carbocycles. The van der Waals surface area contributed by atoms with Crippen LogP contribution in [0.4, 0.5) is 0 Å². The van der Waals surface area contributed by atoms with Crippen LogP contribution in [0.15, 0.2) is 49.1 Å². The summed E-state index contributed by atoms with van der Waals surface area (Å²) in [5.74, 6) is 0.207. The van der Waals surface area contributed by atoms with Crippen LogP contribution in [0.25, 0.3) is 0 Å². The van der Waals surface area contributed by atoms with Gasteiger partial charge < -0.3 is 0 Å². The molecule has 0 aliphatic heterocycles. The average molecular weight is 216 g/mol. The van der Waals surface area contributed by atoms with Gasteiger partial charge in [-0.05, 0) is 43.6 Å². The van der Waals surface area contributed by atoms with Gasteiger partial charge in [0.25, 0.3) is 0 Å². The van der Waals surface area contributed by atoms with Crippen molar-refractivity contribution in [3.8, 4) is 0 Å². The van der Waals surface area contributed by atoms with E-state index in [9.17, 15) is 4.79 Å². The fourth-order valence-electron chi connectivity index (χ4n) is 2.27. The first-order chi connectivity index (χ1) is 7.63. The van der Waals surface area contributed by atoms with Crippen LogP contribution < -0.4 is 0 Å². The van der Waals surface area contributed by atoms with Crippen LogP contribution in [0.5, 0.6) is 0 Å². The summed E-state index contributed by atoms with van der Waals surface area (Å²) in [6.07, 6.45) is 13.8. The van der Waals surface area contributed by atoms with Crippen LogP contribution in [0.2, 0.25) is 0 Å². The van der Waals surface area contributed by atoms with Gasteiger partial charge in [-0.15, -0.1) is 6.58 Å². The first kappa shape index (κ1) is 12.7. The van der Waals surface area contributed by atoms with Crippen molar-refractivity contribution in [1.29, 1.82) is 0 Å². The zero-order valence-corrected chi connectivity index (χ0v) is 10.0. The molecule has 0 spiro atoms. The molecule has 1 heteroatoms. The van der Waals surface area contributed by atoms with E-state index in [-0.39, 0.29) is 11.2 Å². The van der Waals surface area contributed by atoms with Crippen LogP contribution in [-0.2, 0) is 4.79 Å². The van der Waals surface area contributed by atoms with Gasteiger partial charge in [0, 0.05) is 0 Å². The number of hydrogen-bond acceptors (Lipinski definition) is 1. The van der Waals surface area contributed by atoms with E-state index in [1.54, 1.807) is 13.0 Å². The number of Topliss-reactive ketones (excluding diaryl/α,β-unsaturated/α-hetero) is 1. The Labute approximate surface area is 98.2 Å². The number of carbonyl (C=O) groups is 1. The molecule has 0 bridgehead atoms. The van der Waals surface area contributed by atoms with Crippen LogP contribution in [0.3, 0.4) is 0 Å². The molecule has 0 saturated carbocycles. The average Bonchev–Trinajstić information content (AvgIpc) is 2.64. The van der Waals surface area contributed by atoms with E-state index < -0.39 is 0 Å². The minimum Gasteiger partial charge on any atom is -0.295 e. The SMILES string of the molecule is C=C/C=C/C[C@]1(CC=C)C=C(C(C)=O)CC1. The maximum atomic E-state index is 11.3. The predicted molar refractivity (Wildman–Crippen MR) is 69.2 cm³/mol. The molecule has 0 aromatic heterocycles. The van der Waals surface area contributed by atoms with Gasteiger partial charge in [-0.2, -0.15) is 0 Å². The summed E-state index contributed by atoms with van der Waals surface area (Å²) in [7, 11) is 0. The summed E-state index contributed by atoms with van der Waals surface area (Å²) in [5.41, 5.74) is 1.09. The van der Waals surface area contributed by atoms with Crippen molar-refractivity contribution >= 4 is 5.78 Å². The second kappa shape index (κ2) is 5.64. The first-order valence-electron chi connectivity index (χ1n) is 5.75. The molecular formula is C15H20O. The zero-order chi connectivity index (χ0) is 12.0. The van der Waals surface area contributed by atoms with Crippen LogP contribution in [-0.4, -0.2) is 5.78 Å². The van der Waals surface area contributed by atoms with Crippen LogP contribution in [0.1, 0.15) is 32.6 Å². The molecule has 16 heavy (non-hydrogen) atoms. The molecule has 0 aromatic rings. The Morgan fingerprint density at radius 1 is 1.50 bits per heavy atom. The van der Waals surface area contributed by atoms with Gasteiger partial charge in [-0.25, -0.2) is 0 Å². The summed E-state index contributed by atoms with van der Waals surface area (Å²) < 4.78 is 0. The van der Waals surface area contributed by atoms with Gasteiger partial charge >= 0.3 is 0 Å². The van der Waals surface area contributed by atoms with Gasteiger partial charge in [0.05, 0.1) is 0 Å². The van der Waals surface area contributed by atoms with Gasteiger partial charge in [0.2, 0.25) is 0 Å². The van der Waals surface area contributed by atoms with Gasteiger partial charge in [-0.1, -0.05) is 37.0 Å². The van der Waals surface area contributed by atoms with E-state index in [1.807, 2.05) is 12.2 Å². The maximum Gasteiger partial charge on any atom is 0.155 e. The van der Waals surface area contributed by atoms with Gasteiger partial charge in [0.1, 0.15) is 0 Å². The molecule has 1 atom stereocenters. The summed E-state index contributed by atoms with van der Waals surface area (Å²) in [6, 6.07) is 0. The number of allylic oxidation sites excluding steroid dienone is 6. The van der Waals surface area contributed by atoms with Gasteiger partial charge in [-0.3, -0.25) is 4.79 Å². The largest absolute Gasteiger partial charge is 0.295 e. The van der Waals surface area contributed by atoms with Gasteiger partial charge in [0.15, 0.2) is 5.78 Å². The number of ketones is 1. The minimum absolute atomic E-state index is 0.113. The summed E-state index contributed by atoms with van der Waals surface area (Å²) in [5, 5.41) is 0. The molecule has 0 saturated heterocycles. The van der Waals surface area contributed by atoms with E-state index >= 15 is 0 Å². The highest BCUT2D eigenvalue weighted by atomic mass is 16.1. The Morgan fingerprint density at radius 3 is 2.75 bits per heavy atom. The normalized spacial score (nSPS) is 24.4. The Balaban J connectivity index is 2.82. The van der Waals surface area contributed by atoms with Crippen molar-refractivity contribution in [3.63, 3.8) is 0 Å². The highest BCUT2D eigenvalue weighted by Gasteiger charge is 2.31. The second-order valence-electron chi connectivity index (χ2n) is 4.45. The molecule has 0 amide bonds. The molecule has 0 unspecified atom stereocenters. The van der Waals surface area contributed by atoms with E-state index in [1.165, 1.54) is 0 Å². The fraction of sp³-hybridized carbons (Fsp3) is 0.400. The van der Waals surface area contributed by atoms with Crippen molar-refractivity contribution < 1.29 is 4.79 Å². The maximum absolute atomic E-state index is 11.3. The third-order valence-electron chi connectivity index (χ3n) is 3.17. The van der Waals surface area contributed by atoms with E-state index in [0.717, 1.165) is 31.3 Å². The van der Waals surface area contributed by atoms with Crippen molar-refractivity contribution in [1.82, 2.24) is 0 Å². The molecule has 0 fully saturated rings. The van der Waals surface area contributed by atoms with Crippen molar-refractivity contribution in [2.24, 2.45) is 5.41 Å². The van der Waals surface area contributed by atoms with Crippen molar-refractivity contribution in [2.45, 2.75) is 32.6 Å². The lowest BCUT2D eigenvalue weighted by Crippen LogP contribution is -2.12. The first-order valence-corrected chi connectivity index (χ1v) is 5.75. The van der Waals surface area contributed by atoms with Crippen molar-refractivity contribution in [2.75, 3.05) is 0 Å². The zero-order valence-electron chi connectivity index (χ0n) is 10.0. The molecule has 0 N–H and O–H groups in total. The lowest BCUT2D eigenvalue weighted by molar-refractivity contribution is -0.113. The van der Waals surface area contributed by atoms with Crippen LogP contribution in [0, 0.1) is 5.41 Å². The Morgan fingerprint density at radius 2 is 2.25 bits per heavy atom. The third-order valence-corrected chi connectivity index (χ3v) is 3.17. The van der Waals surface area contributed by atoms with E-state index in [0.29, 0.717) is 0 Å². The van der Waals surface area contributed by atoms with Crippen molar-refractivity contribution in [3.05, 3.63) is 49.1 Å². The number of rotatable bonds is 6. The highest BCUT2D eigenvalue weighted by molar-refractivity contribution is 5.93. The quantitative estimate of drug-likeness (QED) is 0.484. The Hall–Kier alpha value is -1.37. The second-order valence-corrected chi connectivity index (χ2v) is 4.45. The lowest BCUT2D eigenvalue weighted by Gasteiger charge is -2.23. The Bertz CT molecular complexity index is 346. The predicted octanol–water partition coefficient (Wildman–Crippen LogP) is 3.99. The molecule has 1 nitrogen and oxygen atoms in total. The molecule has 0 aromatic carbocycles. The fourth-order valence-corrected chi connectivity index (χ4v) is 2.27. The molecular weight excluding hydrogens is 196 g/mol. The van der Waals surface area contributed by atoms with E-state index in [2.05, 4.69) is 25.3 Å². The highest BCUT2D eigenvalue weighted by Crippen LogP contribution is 2.42. The molecule has 0 radical (unpaired) electrons. The monoisotopic (exact) mass is 216 g/mol. The topological polar surface area (TPSA) is 17.1 Å².